The molecule has 0 radical (unpaired) electrons. The quantitative estimate of drug-likeness (QED) is 0.687. The topological polar surface area (TPSA) is 47.9 Å². The average molecular weight is 237 g/mol. The molecule has 2 aromatic heterocycles. The van der Waals surface area contributed by atoms with E-state index >= 15 is 0 Å². The van der Waals surface area contributed by atoms with E-state index in [0.29, 0.717) is 5.88 Å². The highest BCUT2D eigenvalue weighted by molar-refractivity contribution is 5.84. The van der Waals surface area contributed by atoms with E-state index in [1.54, 1.807) is 25.7 Å². The predicted octanol–water partition coefficient (Wildman–Crippen LogP) is 2.70. The molecule has 3 aromatic rings. The van der Waals surface area contributed by atoms with E-state index in [2.05, 4.69) is 15.0 Å². The Hall–Kier alpha value is -2.49. The minimum Gasteiger partial charge on any atom is -0.479 e. The first-order valence-corrected chi connectivity index (χ1v) is 5.58. The molecule has 4 nitrogen and oxygen atoms in total. The molecule has 0 atom stereocenters. The summed E-state index contributed by atoms with van der Waals surface area (Å²) in [6.45, 7) is 0. The minimum absolute atomic E-state index is 0.528. The van der Waals surface area contributed by atoms with Crippen LogP contribution in [0.5, 0.6) is 5.88 Å². The normalized spacial score (nSPS) is 10.5. The molecular formula is C14H11N3O. The molecule has 0 N–H and O–H groups in total. The summed E-state index contributed by atoms with van der Waals surface area (Å²) in [6.07, 6.45) is 5.06. The smallest absolute Gasteiger partial charge is 0.240 e. The molecule has 0 fully saturated rings. The Bertz CT molecular complexity index is 697. The van der Waals surface area contributed by atoms with Crippen LogP contribution in [0, 0.1) is 0 Å². The summed E-state index contributed by atoms with van der Waals surface area (Å²) in [5.74, 6) is 0.528. The number of benzene rings is 1. The van der Waals surface area contributed by atoms with E-state index in [0.717, 1.165) is 22.2 Å². The minimum atomic E-state index is 0.528. The first-order valence-electron chi connectivity index (χ1n) is 5.58. The van der Waals surface area contributed by atoms with Gasteiger partial charge in [0, 0.05) is 29.5 Å². The SMILES string of the molecule is COc1nccnc1-c1ccc2ncccc2c1. The zero-order chi connectivity index (χ0) is 12.4. The van der Waals surface area contributed by atoms with Crippen LogP contribution in [0.4, 0.5) is 0 Å². The predicted molar refractivity (Wildman–Crippen MR) is 69.3 cm³/mol. The Balaban J connectivity index is 2.19. The fourth-order valence-electron chi connectivity index (χ4n) is 1.90. The molecule has 0 saturated carbocycles. The van der Waals surface area contributed by atoms with Gasteiger partial charge in [0.2, 0.25) is 5.88 Å². The number of nitrogens with zero attached hydrogens (tertiary/aromatic N) is 3. The van der Waals surface area contributed by atoms with E-state index in [9.17, 15) is 0 Å². The van der Waals surface area contributed by atoms with Crippen LogP contribution >= 0.6 is 0 Å². The second-order valence-corrected chi connectivity index (χ2v) is 3.83. The number of rotatable bonds is 2. The van der Waals surface area contributed by atoms with Gasteiger partial charge in [-0.1, -0.05) is 12.1 Å². The van der Waals surface area contributed by atoms with Gasteiger partial charge in [-0.25, -0.2) is 9.97 Å². The lowest BCUT2D eigenvalue weighted by molar-refractivity contribution is 0.398. The molecule has 3 rings (SSSR count). The van der Waals surface area contributed by atoms with Crippen LogP contribution in [0.15, 0.2) is 48.9 Å². The van der Waals surface area contributed by atoms with Crippen molar-refractivity contribution in [2.24, 2.45) is 0 Å². The zero-order valence-electron chi connectivity index (χ0n) is 9.87. The van der Waals surface area contributed by atoms with Crippen molar-refractivity contribution in [3.63, 3.8) is 0 Å². The van der Waals surface area contributed by atoms with Crippen LogP contribution < -0.4 is 4.74 Å². The van der Waals surface area contributed by atoms with Crippen molar-refractivity contribution < 1.29 is 4.74 Å². The van der Waals surface area contributed by atoms with Gasteiger partial charge in [-0.15, -0.1) is 0 Å². The molecule has 88 valence electrons. The van der Waals surface area contributed by atoms with Gasteiger partial charge in [-0.2, -0.15) is 0 Å². The number of ether oxygens (including phenoxy) is 1. The molecule has 0 unspecified atom stereocenters. The molecule has 0 aliphatic rings. The highest BCUT2D eigenvalue weighted by Gasteiger charge is 2.08. The summed E-state index contributed by atoms with van der Waals surface area (Å²) in [6, 6.07) is 9.92. The second-order valence-electron chi connectivity index (χ2n) is 3.83. The van der Waals surface area contributed by atoms with E-state index in [1.165, 1.54) is 0 Å². The van der Waals surface area contributed by atoms with Crippen molar-refractivity contribution in [2.75, 3.05) is 7.11 Å². The Morgan fingerprint density at radius 3 is 2.72 bits per heavy atom. The molecule has 2 heterocycles. The maximum Gasteiger partial charge on any atom is 0.240 e. The molecule has 0 bridgehead atoms. The van der Waals surface area contributed by atoms with E-state index < -0.39 is 0 Å². The lowest BCUT2D eigenvalue weighted by atomic mass is 10.1. The summed E-state index contributed by atoms with van der Waals surface area (Å²) in [7, 11) is 1.59. The van der Waals surface area contributed by atoms with Crippen LogP contribution in [0.1, 0.15) is 0 Å². The third-order valence-corrected chi connectivity index (χ3v) is 2.73. The van der Waals surface area contributed by atoms with Crippen molar-refractivity contribution in [3.05, 3.63) is 48.9 Å². The monoisotopic (exact) mass is 237 g/mol. The van der Waals surface area contributed by atoms with Gasteiger partial charge in [-0.05, 0) is 18.2 Å². The number of methoxy groups -OCH3 is 1. The number of hydrogen-bond donors (Lipinski definition) is 0. The number of fused-ring (bicyclic) bond motifs is 1. The van der Waals surface area contributed by atoms with E-state index in [1.807, 2.05) is 30.3 Å². The molecule has 1 aromatic carbocycles. The fourth-order valence-corrected chi connectivity index (χ4v) is 1.90. The first-order chi connectivity index (χ1) is 8.88. The van der Waals surface area contributed by atoms with Gasteiger partial charge in [-0.3, -0.25) is 4.98 Å². The molecule has 0 aliphatic heterocycles. The van der Waals surface area contributed by atoms with Gasteiger partial charge in [0.05, 0.1) is 12.6 Å². The van der Waals surface area contributed by atoms with Crippen LogP contribution in [0.25, 0.3) is 22.2 Å². The Kier molecular flexibility index (Phi) is 2.61. The van der Waals surface area contributed by atoms with Gasteiger partial charge in [0.1, 0.15) is 5.69 Å². The van der Waals surface area contributed by atoms with E-state index in [4.69, 9.17) is 4.74 Å². The Morgan fingerprint density at radius 1 is 0.944 bits per heavy atom. The maximum absolute atomic E-state index is 5.22. The van der Waals surface area contributed by atoms with Gasteiger partial charge in [0.25, 0.3) is 0 Å². The number of pyridine rings is 1. The summed E-state index contributed by atoms with van der Waals surface area (Å²) in [5.41, 5.74) is 2.68. The molecule has 0 aliphatic carbocycles. The van der Waals surface area contributed by atoms with Crippen LogP contribution in [-0.4, -0.2) is 22.1 Å². The first kappa shape index (κ1) is 10.7. The summed E-state index contributed by atoms with van der Waals surface area (Å²) in [5, 5.41) is 1.07. The third kappa shape index (κ3) is 1.78. The molecule has 0 spiro atoms. The molecule has 4 heteroatoms. The second kappa shape index (κ2) is 4.41. The summed E-state index contributed by atoms with van der Waals surface area (Å²) >= 11 is 0. The Labute approximate surface area is 104 Å². The van der Waals surface area contributed by atoms with Gasteiger partial charge >= 0.3 is 0 Å². The number of aromatic nitrogens is 3. The van der Waals surface area contributed by atoms with Crippen molar-refractivity contribution >= 4 is 10.9 Å². The molecule has 0 saturated heterocycles. The van der Waals surface area contributed by atoms with Crippen molar-refractivity contribution in [3.8, 4) is 17.1 Å². The molecule has 0 amide bonds. The van der Waals surface area contributed by atoms with E-state index in [-0.39, 0.29) is 0 Å². The molecule has 18 heavy (non-hydrogen) atoms. The van der Waals surface area contributed by atoms with Crippen molar-refractivity contribution in [1.82, 2.24) is 15.0 Å². The summed E-state index contributed by atoms with van der Waals surface area (Å²) in [4.78, 5) is 12.8. The fraction of sp³-hybridized carbons (Fsp3) is 0.0714. The summed E-state index contributed by atoms with van der Waals surface area (Å²) < 4.78 is 5.22. The van der Waals surface area contributed by atoms with Crippen LogP contribution in [0.3, 0.4) is 0 Å². The number of hydrogen-bond acceptors (Lipinski definition) is 4. The lowest BCUT2D eigenvalue weighted by Gasteiger charge is -2.06. The zero-order valence-corrected chi connectivity index (χ0v) is 9.87. The lowest BCUT2D eigenvalue weighted by Crippen LogP contribution is -1.93. The van der Waals surface area contributed by atoms with Gasteiger partial charge in [0.15, 0.2) is 0 Å². The van der Waals surface area contributed by atoms with Crippen molar-refractivity contribution in [1.29, 1.82) is 0 Å². The van der Waals surface area contributed by atoms with Gasteiger partial charge < -0.3 is 4.74 Å². The third-order valence-electron chi connectivity index (χ3n) is 2.73. The van der Waals surface area contributed by atoms with Crippen molar-refractivity contribution in [2.45, 2.75) is 0 Å². The maximum atomic E-state index is 5.22. The molecular weight excluding hydrogens is 226 g/mol. The highest BCUT2D eigenvalue weighted by atomic mass is 16.5. The van der Waals surface area contributed by atoms with Crippen LogP contribution in [0.2, 0.25) is 0 Å². The van der Waals surface area contributed by atoms with Crippen LogP contribution in [-0.2, 0) is 0 Å². The Morgan fingerprint density at radius 2 is 1.83 bits per heavy atom. The average Bonchev–Trinajstić information content (AvgIpc) is 2.46. The highest BCUT2D eigenvalue weighted by Crippen LogP contribution is 2.27. The largest absolute Gasteiger partial charge is 0.479 e. The standard InChI is InChI=1S/C14H11N3O/c1-18-14-13(16-7-8-17-14)11-4-5-12-10(9-11)3-2-6-15-12/h2-9H,1H3.